The molecule has 4 nitrogen and oxygen atoms in total. The summed E-state index contributed by atoms with van der Waals surface area (Å²) in [4.78, 5) is 9.78. The monoisotopic (exact) mass is 351 g/mol. The number of nitrogens with zero attached hydrogens (tertiary/aromatic N) is 1. The fourth-order valence-electron chi connectivity index (χ4n) is 1.78. The first kappa shape index (κ1) is 17.6. The number of hydrogen-bond donors (Lipinski definition) is 0. The van der Waals surface area contributed by atoms with E-state index >= 15 is 0 Å². The lowest BCUT2D eigenvalue weighted by molar-refractivity contribution is -0.384. The first-order chi connectivity index (χ1) is 11.0. The maximum atomic E-state index is 13.0. The number of non-ortho nitro benzene ring substituents is 1. The fraction of sp³-hybridized carbons (Fsp3) is 0.143. The minimum atomic E-state index is -5.07. The molecule has 24 heavy (non-hydrogen) atoms. The van der Waals surface area contributed by atoms with Gasteiger partial charge < -0.3 is 4.74 Å². The van der Waals surface area contributed by atoms with Gasteiger partial charge in [0.05, 0.1) is 16.1 Å². The molecule has 0 radical (unpaired) electrons. The summed E-state index contributed by atoms with van der Waals surface area (Å²) in [7, 11) is 0. The van der Waals surface area contributed by atoms with Gasteiger partial charge in [-0.25, -0.2) is 0 Å². The molecule has 0 aliphatic rings. The van der Waals surface area contributed by atoms with Crippen molar-refractivity contribution in [2.24, 2.45) is 0 Å². The SMILES string of the molecule is O=[N+]([O-])c1ccc(Oc2ccc(C(F)(F)F)cc2C(F)(F)F)cc1. The van der Waals surface area contributed by atoms with Gasteiger partial charge in [-0.1, -0.05) is 0 Å². The molecule has 0 saturated heterocycles. The van der Waals surface area contributed by atoms with Crippen LogP contribution in [-0.2, 0) is 12.4 Å². The van der Waals surface area contributed by atoms with Crippen LogP contribution in [0.3, 0.4) is 0 Å². The Morgan fingerprint density at radius 2 is 1.46 bits per heavy atom. The summed E-state index contributed by atoms with van der Waals surface area (Å²) < 4.78 is 81.5. The Morgan fingerprint density at radius 3 is 1.92 bits per heavy atom. The normalized spacial score (nSPS) is 12.1. The lowest BCUT2D eigenvalue weighted by atomic mass is 10.1. The summed E-state index contributed by atoms with van der Waals surface area (Å²) in [5, 5.41) is 10.5. The molecule has 10 heteroatoms. The standard InChI is InChI=1S/C14H7F6NO3/c15-13(16,17)8-1-6-12(11(7-8)14(18,19)20)24-10-4-2-9(3-5-10)21(22)23/h1-7H. The van der Waals surface area contributed by atoms with Crippen LogP contribution in [0.15, 0.2) is 42.5 Å². The summed E-state index contributed by atoms with van der Waals surface area (Å²) >= 11 is 0. The van der Waals surface area contributed by atoms with E-state index in [1.54, 1.807) is 0 Å². The summed E-state index contributed by atoms with van der Waals surface area (Å²) in [6, 6.07) is 5.01. The van der Waals surface area contributed by atoms with Crippen LogP contribution in [-0.4, -0.2) is 4.92 Å². The molecule has 0 bridgehead atoms. The van der Waals surface area contributed by atoms with E-state index in [2.05, 4.69) is 0 Å². The van der Waals surface area contributed by atoms with Gasteiger partial charge in [0.1, 0.15) is 11.5 Å². The molecular weight excluding hydrogens is 344 g/mol. The van der Waals surface area contributed by atoms with Gasteiger partial charge in [-0.05, 0) is 30.3 Å². The molecule has 2 rings (SSSR count). The van der Waals surface area contributed by atoms with Crippen LogP contribution in [0.4, 0.5) is 32.0 Å². The van der Waals surface area contributed by atoms with Crippen molar-refractivity contribution >= 4 is 5.69 Å². The third-order valence-corrected chi connectivity index (χ3v) is 2.89. The molecular formula is C14H7F6NO3. The molecule has 0 N–H and O–H groups in total. The summed E-state index contributed by atoms with van der Waals surface area (Å²) in [5.74, 6) is -1.03. The van der Waals surface area contributed by atoms with Crippen LogP contribution in [0.2, 0.25) is 0 Å². The van der Waals surface area contributed by atoms with E-state index in [1.165, 1.54) is 0 Å². The smallest absolute Gasteiger partial charge is 0.420 e. The molecule has 128 valence electrons. The highest BCUT2D eigenvalue weighted by atomic mass is 19.4. The van der Waals surface area contributed by atoms with Gasteiger partial charge in [-0.15, -0.1) is 0 Å². The number of hydrogen-bond acceptors (Lipinski definition) is 3. The molecule has 0 spiro atoms. The summed E-state index contributed by atoms with van der Waals surface area (Å²) in [5.41, 5.74) is -3.38. The first-order valence-corrected chi connectivity index (χ1v) is 6.19. The summed E-state index contributed by atoms with van der Waals surface area (Å²) in [6.45, 7) is 0. The molecule has 2 aromatic carbocycles. The fourth-order valence-corrected chi connectivity index (χ4v) is 1.78. The van der Waals surface area contributed by atoms with Crippen molar-refractivity contribution in [2.45, 2.75) is 12.4 Å². The predicted molar refractivity (Wildman–Crippen MR) is 69.6 cm³/mol. The first-order valence-electron chi connectivity index (χ1n) is 6.19. The zero-order chi connectivity index (χ0) is 18.1. The minimum Gasteiger partial charge on any atom is -0.457 e. The van der Waals surface area contributed by atoms with Crippen LogP contribution >= 0.6 is 0 Å². The Balaban J connectivity index is 2.40. The molecule has 0 fully saturated rings. The Kier molecular flexibility index (Phi) is 4.41. The highest BCUT2D eigenvalue weighted by Gasteiger charge is 2.39. The zero-order valence-corrected chi connectivity index (χ0v) is 11.5. The van der Waals surface area contributed by atoms with Gasteiger partial charge in [0.2, 0.25) is 0 Å². The number of nitro groups is 1. The van der Waals surface area contributed by atoms with Crippen LogP contribution in [0, 0.1) is 10.1 Å². The Labute approximate surface area is 130 Å². The van der Waals surface area contributed by atoms with Crippen LogP contribution in [0.25, 0.3) is 0 Å². The number of halogens is 6. The van der Waals surface area contributed by atoms with E-state index in [-0.39, 0.29) is 17.5 Å². The van der Waals surface area contributed by atoms with Crippen molar-refractivity contribution in [3.63, 3.8) is 0 Å². The topological polar surface area (TPSA) is 52.4 Å². The molecule has 0 unspecified atom stereocenters. The van der Waals surface area contributed by atoms with E-state index < -0.39 is 34.2 Å². The van der Waals surface area contributed by atoms with Gasteiger partial charge in [0.15, 0.2) is 0 Å². The maximum Gasteiger partial charge on any atom is 0.420 e. The number of benzene rings is 2. The second-order valence-electron chi connectivity index (χ2n) is 4.56. The van der Waals surface area contributed by atoms with Crippen LogP contribution < -0.4 is 4.74 Å². The Bertz CT molecular complexity index is 753. The highest BCUT2D eigenvalue weighted by molar-refractivity contribution is 5.44. The van der Waals surface area contributed by atoms with Crippen molar-refractivity contribution in [1.82, 2.24) is 0 Å². The maximum absolute atomic E-state index is 13.0. The largest absolute Gasteiger partial charge is 0.457 e. The van der Waals surface area contributed by atoms with E-state index in [1.807, 2.05) is 0 Å². The van der Waals surface area contributed by atoms with E-state index in [4.69, 9.17) is 4.74 Å². The average molecular weight is 351 g/mol. The number of alkyl halides is 6. The minimum absolute atomic E-state index is 0.0548. The van der Waals surface area contributed by atoms with Gasteiger partial charge >= 0.3 is 12.4 Å². The second kappa shape index (κ2) is 6.02. The van der Waals surface area contributed by atoms with Gasteiger partial charge in [0, 0.05) is 12.1 Å². The van der Waals surface area contributed by atoms with E-state index in [9.17, 15) is 36.5 Å². The van der Waals surface area contributed by atoms with Crippen molar-refractivity contribution in [3.8, 4) is 11.5 Å². The van der Waals surface area contributed by atoms with Crippen molar-refractivity contribution in [2.75, 3.05) is 0 Å². The van der Waals surface area contributed by atoms with Crippen LogP contribution in [0.5, 0.6) is 11.5 Å². The predicted octanol–water partition coefficient (Wildman–Crippen LogP) is 5.42. The Morgan fingerprint density at radius 1 is 0.875 bits per heavy atom. The molecule has 0 atom stereocenters. The van der Waals surface area contributed by atoms with Gasteiger partial charge in [-0.3, -0.25) is 10.1 Å². The van der Waals surface area contributed by atoms with Crippen molar-refractivity contribution in [1.29, 1.82) is 0 Å². The molecule has 2 aromatic rings. The van der Waals surface area contributed by atoms with E-state index in [0.717, 1.165) is 24.3 Å². The zero-order valence-electron chi connectivity index (χ0n) is 11.5. The number of rotatable bonds is 3. The quantitative estimate of drug-likeness (QED) is 0.421. The Hall–Kier alpha value is -2.78. The van der Waals surface area contributed by atoms with Gasteiger partial charge in [-0.2, -0.15) is 26.3 Å². The lowest BCUT2D eigenvalue weighted by Crippen LogP contribution is -2.11. The van der Waals surface area contributed by atoms with Crippen molar-refractivity contribution in [3.05, 3.63) is 63.7 Å². The molecule has 0 saturated carbocycles. The molecule has 0 amide bonds. The third-order valence-electron chi connectivity index (χ3n) is 2.89. The lowest BCUT2D eigenvalue weighted by Gasteiger charge is -2.16. The van der Waals surface area contributed by atoms with E-state index in [0.29, 0.717) is 12.1 Å². The number of ether oxygens (including phenoxy) is 1. The molecule has 0 aliphatic heterocycles. The molecule has 0 heterocycles. The average Bonchev–Trinajstić information content (AvgIpc) is 2.46. The summed E-state index contributed by atoms with van der Waals surface area (Å²) in [6.07, 6.45) is -10.0. The molecule has 0 aliphatic carbocycles. The second-order valence-corrected chi connectivity index (χ2v) is 4.56. The third kappa shape index (κ3) is 3.94. The van der Waals surface area contributed by atoms with Crippen molar-refractivity contribution < 1.29 is 36.0 Å². The highest BCUT2D eigenvalue weighted by Crippen LogP contribution is 2.41. The van der Waals surface area contributed by atoms with Crippen LogP contribution in [0.1, 0.15) is 11.1 Å². The number of nitro benzene ring substituents is 1. The van der Waals surface area contributed by atoms with Gasteiger partial charge in [0.25, 0.3) is 5.69 Å². The molecule has 0 aromatic heterocycles.